The van der Waals surface area contributed by atoms with Crippen LogP contribution in [0.3, 0.4) is 0 Å². The van der Waals surface area contributed by atoms with Crippen LogP contribution in [-0.4, -0.2) is 15.8 Å². The van der Waals surface area contributed by atoms with Crippen LogP contribution in [0.5, 0.6) is 0 Å². The van der Waals surface area contributed by atoms with Gasteiger partial charge in [-0.25, -0.2) is 4.98 Å². The zero-order valence-electron chi connectivity index (χ0n) is 14.7. The fourth-order valence-electron chi connectivity index (χ4n) is 3.77. The van der Waals surface area contributed by atoms with E-state index in [2.05, 4.69) is 22.2 Å². The number of hydrogen-bond donors (Lipinski definition) is 1. The molecule has 3 aromatic rings. The Balaban J connectivity index is 1.84. The molecule has 0 amide bonds. The molecule has 2 aromatic heterocycles. The average Bonchev–Trinajstić information content (AvgIpc) is 2.98. The van der Waals surface area contributed by atoms with E-state index < -0.39 is 11.7 Å². The first-order valence-electron chi connectivity index (χ1n) is 8.89. The first kappa shape index (κ1) is 19.4. The highest BCUT2D eigenvalue weighted by Crippen LogP contribution is 2.46. The first-order valence-corrected chi connectivity index (χ1v) is 10.2. The molecule has 3 heterocycles. The molecule has 3 nitrogen and oxygen atoms in total. The van der Waals surface area contributed by atoms with E-state index >= 15 is 0 Å². The van der Waals surface area contributed by atoms with Gasteiger partial charge >= 0.3 is 6.18 Å². The second kappa shape index (κ2) is 7.48. The lowest BCUT2D eigenvalue weighted by Gasteiger charge is -2.24. The Hall–Kier alpha value is -1.93. The molecule has 28 heavy (non-hydrogen) atoms. The zero-order valence-corrected chi connectivity index (χ0v) is 16.5. The molecule has 1 aliphatic rings. The molecule has 1 atom stereocenters. The molecule has 1 aliphatic heterocycles. The first-order chi connectivity index (χ1) is 13.4. The zero-order chi connectivity index (χ0) is 19.9. The summed E-state index contributed by atoms with van der Waals surface area (Å²) in [6.45, 7) is 0.805. The van der Waals surface area contributed by atoms with Gasteiger partial charge in [0.15, 0.2) is 0 Å². The summed E-state index contributed by atoms with van der Waals surface area (Å²) >= 11 is 6.00. The number of rotatable bonds is 4. The van der Waals surface area contributed by atoms with E-state index in [4.69, 9.17) is 0 Å². The van der Waals surface area contributed by atoms with Crippen molar-refractivity contribution in [3.05, 3.63) is 47.8 Å². The van der Waals surface area contributed by atoms with Crippen molar-refractivity contribution in [1.29, 1.82) is 0 Å². The van der Waals surface area contributed by atoms with Gasteiger partial charge in [0, 0.05) is 50.8 Å². The third-order valence-electron chi connectivity index (χ3n) is 5.02. The Morgan fingerprint density at radius 1 is 1.25 bits per heavy atom. The molecule has 8 heteroatoms. The minimum absolute atomic E-state index is 0.0742. The molecule has 0 fully saturated rings. The lowest BCUT2D eigenvalue weighted by molar-refractivity contribution is -0.137. The standard InChI is InChI=1S/C20H17F3N2OS2/c21-20(22,23)13-3-5-14(6-4-13)28-18-16-15(27)7-9-24-19(16)25-10-1-2-12(8-11-26)17(18)25/h3-7,9,11-12H,1-2,8,10H2,(H,24,27). The molecule has 1 unspecified atom stereocenters. The van der Waals surface area contributed by atoms with E-state index in [0.717, 1.165) is 64.3 Å². The molecule has 1 aromatic carbocycles. The SMILES string of the molecule is O=CCC1CCCn2c1c(Sc1ccc(C(F)(F)F)cc1)c1c(S)ccnc12. The number of aldehydes is 1. The van der Waals surface area contributed by atoms with Crippen molar-refractivity contribution in [2.45, 2.75) is 52.6 Å². The Morgan fingerprint density at radius 2 is 2.00 bits per heavy atom. The average molecular weight is 422 g/mol. The molecule has 0 radical (unpaired) electrons. The van der Waals surface area contributed by atoms with Crippen molar-refractivity contribution in [1.82, 2.24) is 9.55 Å². The largest absolute Gasteiger partial charge is 0.416 e. The van der Waals surface area contributed by atoms with Gasteiger partial charge in [-0.2, -0.15) is 13.2 Å². The Kier molecular flexibility index (Phi) is 5.18. The van der Waals surface area contributed by atoms with E-state index in [1.54, 1.807) is 6.20 Å². The molecule has 0 saturated carbocycles. The van der Waals surface area contributed by atoms with Crippen LogP contribution >= 0.6 is 24.4 Å². The lowest BCUT2D eigenvalue weighted by Crippen LogP contribution is -2.16. The van der Waals surface area contributed by atoms with E-state index in [1.807, 2.05) is 6.07 Å². The fraction of sp³-hybridized carbons (Fsp3) is 0.300. The number of nitrogens with zero attached hydrogens (tertiary/aromatic N) is 2. The minimum Gasteiger partial charge on any atom is -0.328 e. The van der Waals surface area contributed by atoms with Crippen molar-refractivity contribution in [2.24, 2.45) is 0 Å². The van der Waals surface area contributed by atoms with Crippen LogP contribution in [-0.2, 0) is 17.5 Å². The maximum atomic E-state index is 12.9. The molecule has 4 rings (SSSR count). The van der Waals surface area contributed by atoms with Gasteiger partial charge in [0.1, 0.15) is 11.9 Å². The quantitative estimate of drug-likeness (QED) is 0.416. The fourth-order valence-corrected chi connectivity index (χ4v) is 5.32. The van der Waals surface area contributed by atoms with Gasteiger partial charge in [0.25, 0.3) is 0 Å². The second-order valence-corrected chi connectivity index (χ2v) is 8.33. The van der Waals surface area contributed by atoms with Crippen LogP contribution in [0.1, 0.15) is 36.4 Å². The summed E-state index contributed by atoms with van der Waals surface area (Å²) in [7, 11) is 0. The van der Waals surface area contributed by atoms with Crippen LogP contribution in [0.25, 0.3) is 11.0 Å². The van der Waals surface area contributed by atoms with Crippen LogP contribution in [0.4, 0.5) is 13.2 Å². The van der Waals surface area contributed by atoms with Gasteiger partial charge in [-0.15, -0.1) is 12.6 Å². The molecular formula is C20H17F3N2OS2. The predicted molar refractivity (Wildman–Crippen MR) is 105 cm³/mol. The maximum Gasteiger partial charge on any atom is 0.416 e. The number of fused-ring (bicyclic) bond motifs is 3. The third kappa shape index (κ3) is 3.43. The number of aryl methyl sites for hydroxylation is 1. The van der Waals surface area contributed by atoms with Gasteiger partial charge in [-0.1, -0.05) is 11.8 Å². The summed E-state index contributed by atoms with van der Waals surface area (Å²) in [5.41, 5.74) is 1.18. The van der Waals surface area contributed by atoms with Gasteiger partial charge in [0.05, 0.1) is 5.56 Å². The Bertz CT molecular complexity index is 1030. The van der Waals surface area contributed by atoms with E-state index in [0.29, 0.717) is 11.3 Å². The minimum atomic E-state index is -4.36. The van der Waals surface area contributed by atoms with E-state index in [9.17, 15) is 18.0 Å². The summed E-state index contributed by atoms with van der Waals surface area (Å²) < 4.78 is 40.7. The molecular weight excluding hydrogens is 405 g/mol. The topological polar surface area (TPSA) is 34.9 Å². The number of carbonyl (C=O) groups is 1. The summed E-state index contributed by atoms with van der Waals surface area (Å²) in [6.07, 6.45) is 0.546. The van der Waals surface area contributed by atoms with Crippen molar-refractivity contribution < 1.29 is 18.0 Å². The number of pyridine rings is 1. The van der Waals surface area contributed by atoms with Crippen LogP contribution in [0.15, 0.2) is 51.2 Å². The number of carbonyl (C=O) groups excluding carboxylic acids is 1. The van der Waals surface area contributed by atoms with Crippen molar-refractivity contribution in [3.8, 4) is 0 Å². The summed E-state index contributed by atoms with van der Waals surface area (Å²) in [4.78, 5) is 18.1. The number of alkyl halides is 3. The number of thiol groups is 1. The van der Waals surface area contributed by atoms with Gasteiger partial charge < -0.3 is 9.36 Å². The summed E-state index contributed by atoms with van der Waals surface area (Å²) in [6, 6.07) is 6.96. The number of halogens is 3. The molecule has 146 valence electrons. The number of hydrogen-bond acceptors (Lipinski definition) is 4. The molecule has 0 saturated heterocycles. The number of aromatic nitrogens is 2. The van der Waals surface area contributed by atoms with Gasteiger partial charge in [0.2, 0.25) is 0 Å². The highest BCUT2D eigenvalue weighted by atomic mass is 32.2. The summed E-state index contributed by atoms with van der Waals surface area (Å²) in [5, 5.41) is 0.892. The van der Waals surface area contributed by atoms with Gasteiger partial charge in [-0.3, -0.25) is 0 Å². The molecule has 0 bridgehead atoms. The van der Waals surface area contributed by atoms with E-state index in [1.165, 1.54) is 23.9 Å². The van der Waals surface area contributed by atoms with Crippen LogP contribution < -0.4 is 0 Å². The highest BCUT2D eigenvalue weighted by molar-refractivity contribution is 7.99. The third-order valence-corrected chi connectivity index (χ3v) is 6.52. The lowest BCUT2D eigenvalue weighted by atomic mass is 9.93. The maximum absolute atomic E-state index is 12.9. The monoisotopic (exact) mass is 422 g/mol. The molecule has 0 N–H and O–H groups in total. The predicted octanol–water partition coefficient (Wildman–Crippen LogP) is 5.96. The second-order valence-electron chi connectivity index (χ2n) is 6.76. The normalized spacial score (nSPS) is 16.9. The van der Waals surface area contributed by atoms with Crippen molar-refractivity contribution >= 4 is 41.7 Å². The smallest absolute Gasteiger partial charge is 0.328 e. The van der Waals surface area contributed by atoms with Crippen molar-refractivity contribution in [3.63, 3.8) is 0 Å². The Morgan fingerprint density at radius 3 is 2.68 bits per heavy atom. The van der Waals surface area contributed by atoms with Gasteiger partial charge in [-0.05, 0) is 43.2 Å². The van der Waals surface area contributed by atoms with Crippen LogP contribution in [0, 0.1) is 0 Å². The molecule has 0 spiro atoms. The summed E-state index contributed by atoms with van der Waals surface area (Å²) in [5.74, 6) is 0.0742. The number of benzene rings is 1. The van der Waals surface area contributed by atoms with E-state index in [-0.39, 0.29) is 5.92 Å². The highest BCUT2D eigenvalue weighted by Gasteiger charge is 2.31. The molecule has 0 aliphatic carbocycles. The Labute approximate surface area is 169 Å². The van der Waals surface area contributed by atoms with Crippen LogP contribution in [0.2, 0.25) is 0 Å². The van der Waals surface area contributed by atoms with Crippen molar-refractivity contribution in [2.75, 3.05) is 0 Å².